The zero-order chi connectivity index (χ0) is 16.4. The maximum Gasteiger partial charge on any atom is 0.226 e. The van der Waals surface area contributed by atoms with Crippen LogP contribution in [-0.4, -0.2) is 33.4 Å². The Morgan fingerprint density at radius 2 is 2.00 bits per heavy atom. The summed E-state index contributed by atoms with van der Waals surface area (Å²) in [6.45, 7) is 9.52. The molecule has 0 bridgehead atoms. The predicted octanol–water partition coefficient (Wildman–Crippen LogP) is 3.65. The third kappa shape index (κ3) is 3.31. The van der Waals surface area contributed by atoms with Crippen LogP contribution in [0.25, 0.3) is 0 Å². The summed E-state index contributed by atoms with van der Waals surface area (Å²) in [5.74, 6) is 2.62. The number of piperidine rings is 1. The average Bonchev–Trinajstić information content (AvgIpc) is 3.19. The topological polar surface area (TPSA) is 38.1 Å². The van der Waals surface area contributed by atoms with Crippen molar-refractivity contribution < 1.29 is 4.79 Å². The normalized spacial score (nSPS) is 24.0. The maximum atomic E-state index is 12.7. The Balaban J connectivity index is 1.44. The number of likely N-dealkylation sites (tertiary alicyclic amines) is 1. The number of hydrogen-bond donors (Lipinski definition) is 0. The van der Waals surface area contributed by atoms with Crippen molar-refractivity contribution in [2.24, 2.45) is 17.3 Å². The minimum absolute atomic E-state index is 0.322. The fraction of sp³-hybridized carbons (Fsp3) is 0.789. The number of aryl methyl sites for hydroxylation is 2. The molecule has 1 aromatic heterocycles. The fourth-order valence-electron chi connectivity index (χ4n) is 4.35. The van der Waals surface area contributed by atoms with Gasteiger partial charge in [-0.1, -0.05) is 13.8 Å². The van der Waals surface area contributed by atoms with Crippen molar-refractivity contribution in [1.29, 1.82) is 0 Å². The molecule has 4 heteroatoms. The third-order valence-electron chi connectivity index (χ3n) is 6.52. The van der Waals surface area contributed by atoms with Crippen LogP contribution in [0.3, 0.4) is 0 Å². The lowest BCUT2D eigenvalue weighted by Gasteiger charge is -2.33. The Bertz CT molecular complexity index is 539. The molecular weight excluding hydrogens is 286 g/mol. The molecule has 4 nitrogen and oxygen atoms in total. The second kappa shape index (κ2) is 6.66. The molecule has 1 aliphatic heterocycles. The van der Waals surface area contributed by atoms with Crippen LogP contribution in [0, 0.1) is 24.2 Å². The summed E-state index contributed by atoms with van der Waals surface area (Å²) in [5, 5.41) is 0. The average molecular weight is 317 g/mol. The summed E-state index contributed by atoms with van der Waals surface area (Å²) < 4.78 is 2.23. The predicted molar refractivity (Wildman–Crippen MR) is 92.0 cm³/mol. The Hall–Kier alpha value is -1.32. The summed E-state index contributed by atoms with van der Waals surface area (Å²) in [7, 11) is 0. The van der Waals surface area contributed by atoms with Gasteiger partial charge in [-0.15, -0.1) is 0 Å². The lowest BCUT2D eigenvalue weighted by molar-refractivity contribution is -0.135. The van der Waals surface area contributed by atoms with Crippen molar-refractivity contribution in [2.75, 3.05) is 13.1 Å². The van der Waals surface area contributed by atoms with Crippen molar-refractivity contribution in [2.45, 2.75) is 65.8 Å². The fourth-order valence-corrected chi connectivity index (χ4v) is 4.35. The zero-order valence-electron chi connectivity index (χ0n) is 14.9. The summed E-state index contributed by atoms with van der Waals surface area (Å²) in [4.78, 5) is 19.1. The first-order valence-corrected chi connectivity index (χ1v) is 9.36. The number of carbonyl (C=O) groups is 1. The van der Waals surface area contributed by atoms with E-state index in [0.29, 0.717) is 17.2 Å². The second-order valence-corrected chi connectivity index (χ2v) is 7.55. The number of hydrogen-bond acceptors (Lipinski definition) is 2. The molecule has 1 saturated carbocycles. The van der Waals surface area contributed by atoms with Crippen molar-refractivity contribution in [1.82, 2.24) is 14.5 Å². The van der Waals surface area contributed by atoms with Gasteiger partial charge in [0.25, 0.3) is 0 Å². The summed E-state index contributed by atoms with van der Waals surface area (Å²) in [6.07, 6.45) is 10.9. The SMILES string of the molecule is CCC1(CC)CC1C(=O)N1CCC(CCn2ccnc2C)CC1. The number of carbonyl (C=O) groups excluding carboxylic acids is 1. The number of aromatic nitrogens is 2. The van der Waals surface area contributed by atoms with Crippen LogP contribution >= 0.6 is 0 Å². The summed E-state index contributed by atoms with van der Waals surface area (Å²) in [5.41, 5.74) is 0.340. The van der Waals surface area contributed by atoms with Crippen molar-refractivity contribution >= 4 is 5.91 Å². The summed E-state index contributed by atoms with van der Waals surface area (Å²) in [6, 6.07) is 0. The first-order valence-electron chi connectivity index (χ1n) is 9.36. The van der Waals surface area contributed by atoms with E-state index in [-0.39, 0.29) is 0 Å². The molecule has 0 radical (unpaired) electrons. The molecule has 1 aromatic rings. The van der Waals surface area contributed by atoms with E-state index in [2.05, 4.69) is 41.4 Å². The van der Waals surface area contributed by atoms with Gasteiger partial charge in [-0.2, -0.15) is 0 Å². The van der Waals surface area contributed by atoms with Crippen LogP contribution in [0.4, 0.5) is 0 Å². The van der Waals surface area contributed by atoms with Crippen LogP contribution < -0.4 is 0 Å². The maximum absolute atomic E-state index is 12.7. The molecule has 1 aliphatic carbocycles. The van der Waals surface area contributed by atoms with Crippen LogP contribution in [0.1, 0.15) is 58.2 Å². The molecule has 128 valence electrons. The Kier molecular flexibility index (Phi) is 4.79. The van der Waals surface area contributed by atoms with E-state index in [4.69, 9.17) is 0 Å². The molecule has 3 rings (SSSR count). The highest BCUT2D eigenvalue weighted by Crippen LogP contribution is 2.58. The van der Waals surface area contributed by atoms with Gasteiger partial charge in [0.2, 0.25) is 5.91 Å². The van der Waals surface area contributed by atoms with Crippen molar-refractivity contribution in [3.63, 3.8) is 0 Å². The van der Waals surface area contributed by atoms with E-state index in [9.17, 15) is 4.79 Å². The molecule has 23 heavy (non-hydrogen) atoms. The minimum atomic E-state index is 0.322. The molecule has 2 aliphatic rings. The van der Waals surface area contributed by atoms with Gasteiger partial charge in [0.1, 0.15) is 5.82 Å². The highest BCUT2D eigenvalue weighted by molar-refractivity contribution is 5.82. The first-order chi connectivity index (χ1) is 11.1. The lowest BCUT2D eigenvalue weighted by atomic mass is 9.92. The van der Waals surface area contributed by atoms with E-state index in [1.54, 1.807) is 0 Å². The van der Waals surface area contributed by atoms with E-state index >= 15 is 0 Å². The largest absolute Gasteiger partial charge is 0.342 e. The molecule has 2 fully saturated rings. The molecule has 0 spiro atoms. The zero-order valence-corrected chi connectivity index (χ0v) is 14.9. The van der Waals surface area contributed by atoms with Crippen LogP contribution in [-0.2, 0) is 11.3 Å². The van der Waals surface area contributed by atoms with E-state index in [1.807, 2.05) is 6.20 Å². The van der Waals surface area contributed by atoms with Gasteiger partial charge in [-0.3, -0.25) is 4.79 Å². The Morgan fingerprint density at radius 1 is 1.30 bits per heavy atom. The Morgan fingerprint density at radius 3 is 2.52 bits per heavy atom. The molecule has 1 amide bonds. The van der Waals surface area contributed by atoms with Gasteiger partial charge in [-0.05, 0) is 56.8 Å². The standard InChI is InChI=1S/C19H31N3O/c1-4-19(5-2)14-17(19)18(23)22-11-7-16(8-12-22)6-10-21-13-9-20-15(21)3/h9,13,16-17H,4-8,10-12,14H2,1-3H3. The van der Waals surface area contributed by atoms with Gasteiger partial charge < -0.3 is 9.47 Å². The van der Waals surface area contributed by atoms with Gasteiger partial charge in [0.05, 0.1) is 0 Å². The van der Waals surface area contributed by atoms with Crippen LogP contribution in [0.15, 0.2) is 12.4 Å². The van der Waals surface area contributed by atoms with Crippen molar-refractivity contribution in [3.8, 4) is 0 Å². The van der Waals surface area contributed by atoms with Gasteiger partial charge in [0.15, 0.2) is 0 Å². The lowest BCUT2D eigenvalue weighted by Crippen LogP contribution is -2.40. The summed E-state index contributed by atoms with van der Waals surface area (Å²) >= 11 is 0. The van der Waals surface area contributed by atoms with Crippen molar-refractivity contribution in [3.05, 3.63) is 18.2 Å². The minimum Gasteiger partial charge on any atom is -0.342 e. The molecule has 2 heterocycles. The number of imidazole rings is 1. The molecule has 1 atom stereocenters. The second-order valence-electron chi connectivity index (χ2n) is 7.55. The van der Waals surface area contributed by atoms with E-state index in [1.165, 1.54) is 6.42 Å². The first kappa shape index (κ1) is 16.5. The quantitative estimate of drug-likeness (QED) is 0.803. The van der Waals surface area contributed by atoms with Gasteiger partial charge in [-0.25, -0.2) is 4.98 Å². The molecule has 1 unspecified atom stereocenters. The number of amides is 1. The smallest absolute Gasteiger partial charge is 0.226 e. The van der Waals surface area contributed by atoms with Crippen LogP contribution in [0.2, 0.25) is 0 Å². The molecule has 0 aromatic carbocycles. The van der Waals surface area contributed by atoms with E-state index < -0.39 is 0 Å². The number of rotatable bonds is 6. The molecular formula is C19H31N3O. The van der Waals surface area contributed by atoms with Gasteiger partial charge >= 0.3 is 0 Å². The van der Waals surface area contributed by atoms with Gasteiger partial charge in [0, 0.05) is 37.9 Å². The highest BCUT2D eigenvalue weighted by Gasteiger charge is 2.56. The van der Waals surface area contributed by atoms with E-state index in [0.717, 1.165) is 63.5 Å². The van der Waals surface area contributed by atoms with Crippen LogP contribution in [0.5, 0.6) is 0 Å². The number of nitrogens with zero attached hydrogens (tertiary/aromatic N) is 3. The molecule has 0 N–H and O–H groups in total. The highest BCUT2D eigenvalue weighted by atomic mass is 16.2. The monoisotopic (exact) mass is 317 g/mol. The Labute approximate surface area is 140 Å². The third-order valence-corrected chi connectivity index (χ3v) is 6.52. The molecule has 1 saturated heterocycles.